The van der Waals surface area contributed by atoms with Gasteiger partial charge in [-0.05, 0) is 23.8 Å². The molecule has 0 amide bonds. The van der Waals surface area contributed by atoms with E-state index < -0.39 is 16.5 Å². The van der Waals surface area contributed by atoms with Gasteiger partial charge in [-0.1, -0.05) is 43.5 Å². The van der Waals surface area contributed by atoms with Gasteiger partial charge in [-0.2, -0.15) is 0 Å². The van der Waals surface area contributed by atoms with Crippen LogP contribution in [0.5, 0.6) is 5.75 Å². The standard InChI is InChI=1S/C14H9Br2ClF2O/c1-20-8-5-11(18)13(12(19)6-8)14(16)9-4-7(17)2-3-10(9)15/h2-6,14H,1H3. The molecule has 20 heavy (non-hydrogen) atoms. The Labute approximate surface area is 137 Å². The number of methoxy groups -OCH3 is 1. The van der Waals surface area contributed by atoms with Crippen LogP contribution in [0.2, 0.25) is 5.02 Å². The van der Waals surface area contributed by atoms with E-state index in [9.17, 15) is 8.78 Å². The number of ether oxygens (including phenoxy) is 1. The molecule has 0 bridgehead atoms. The third kappa shape index (κ3) is 3.15. The van der Waals surface area contributed by atoms with Crippen LogP contribution in [0.15, 0.2) is 34.8 Å². The SMILES string of the molecule is COc1cc(F)c(C(Br)c2cc(Cl)ccc2Br)c(F)c1. The van der Waals surface area contributed by atoms with Crippen molar-refractivity contribution in [2.24, 2.45) is 0 Å². The Bertz CT molecular complexity index is 626. The molecule has 0 radical (unpaired) electrons. The van der Waals surface area contributed by atoms with Crippen molar-refractivity contribution in [3.05, 3.63) is 62.6 Å². The molecule has 0 heterocycles. The van der Waals surface area contributed by atoms with Gasteiger partial charge in [0.1, 0.15) is 17.4 Å². The monoisotopic (exact) mass is 424 g/mol. The van der Waals surface area contributed by atoms with Gasteiger partial charge >= 0.3 is 0 Å². The zero-order valence-corrected chi connectivity index (χ0v) is 14.2. The lowest BCUT2D eigenvalue weighted by atomic mass is 10.0. The minimum absolute atomic E-state index is 0.0891. The van der Waals surface area contributed by atoms with Gasteiger partial charge < -0.3 is 4.74 Å². The van der Waals surface area contributed by atoms with Crippen LogP contribution in [-0.4, -0.2) is 7.11 Å². The fourth-order valence-corrected chi connectivity index (χ4v) is 3.56. The highest BCUT2D eigenvalue weighted by Gasteiger charge is 2.22. The number of rotatable bonds is 3. The Balaban J connectivity index is 2.53. The molecule has 106 valence electrons. The molecule has 0 aromatic heterocycles. The highest BCUT2D eigenvalue weighted by atomic mass is 79.9. The highest BCUT2D eigenvalue weighted by Crippen LogP contribution is 2.39. The van der Waals surface area contributed by atoms with Crippen molar-refractivity contribution in [1.29, 1.82) is 0 Å². The summed E-state index contributed by atoms with van der Waals surface area (Å²) in [5.41, 5.74) is 0.550. The van der Waals surface area contributed by atoms with Crippen LogP contribution >= 0.6 is 43.5 Å². The van der Waals surface area contributed by atoms with E-state index in [2.05, 4.69) is 31.9 Å². The summed E-state index contributed by atoms with van der Waals surface area (Å²) in [4.78, 5) is -0.665. The lowest BCUT2D eigenvalue weighted by Crippen LogP contribution is -2.02. The Morgan fingerprint density at radius 3 is 2.30 bits per heavy atom. The Kier molecular flexibility index (Phi) is 5.04. The molecule has 2 aromatic carbocycles. The maximum absolute atomic E-state index is 14.1. The fourth-order valence-electron chi connectivity index (χ4n) is 1.79. The van der Waals surface area contributed by atoms with Gasteiger partial charge in [-0.3, -0.25) is 0 Å². The Morgan fingerprint density at radius 2 is 1.75 bits per heavy atom. The van der Waals surface area contributed by atoms with Crippen LogP contribution in [0.3, 0.4) is 0 Å². The molecule has 0 fully saturated rings. The van der Waals surface area contributed by atoms with E-state index in [4.69, 9.17) is 16.3 Å². The number of hydrogen-bond donors (Lipinski definition) is 0. The second-order valence-corrected chi connectivity index (χ2v) is 6.24. The predicted octanol–water partition coefficient (Wildman–Crippen LogP) is 5.87. The van der Waals surface area contributed by atoms with Crippen LogP contribution in [0, 0.1) is 11.6 Å². The predicted molar refractivity (Wildman–Crippen MR) is 82.8 cm³/mol. The van der Waals surface area contributed by atoms with E-state index in [-0.39, 0.29) is 11.3 Å². The molecule has 0 N–H and O–H groups in total. The molecule has 0 aliphatic rings. The van der Waals surface area contributed by atoms with Crippen LogP contribution in [0.25, 0.3) is 0 Å². The summed E-state index contributed by atoms with van der Waals surface area (Å²) < 4.78 is 33.7. The third-order valence-electron chi connectivity index (χ3n) is 2.77. The average molecular weight is 426 g/mol. The Hall–Kier alpha value is -0.650. The fraction of sp³-hybridized carbons (Fsp3) is 0.143. The van der Waals surface area contributed by atoms with Crippen molar-refractivity contribution < 1.29 is 13.5 Å². The molecular weight excluding hydrogens is 417 g/mol. The maximum atomic E-state index is 14.1. The molecule has 1 atom stereocenters. The molecular formula is C14H9Br2ClF2O. The van der Waals surface area contributed by atoms with Crippen LogP contribution in [0.1, 0.15) is 16.0 Å². The first-order chi connectivity index (χ1) is 9.43. The number of hydrogen-bond acceptors (Lipinski definition) is 1. The summed E-state index contributed by atoms with van der Waals surface area (Å²) in [6.45, 7) is 0. The van der Waals surface area contributed by atoms with E-state index in [1.54, 1.807) is 18.2 Å². The second-order valence-electron chi connectivity index (χ2n) is 4.03. The number of benzene rings is 2. The van der Waals surface area contributed by atoms with Gasteiger partial charge in [0, 0.05) is 27.2 Å². The minimum atomic E-state index is -0.685. The second kappa shape index (κ2) is 6.41. The van der Waals surface area contributed by atoms with Crippen molar-refractivity contribution in [1.82, 2.24) is 0 Å². The molecule has 0 saturated carbocycles. The molecule has 0 aliphatic carbocycles. The van der Waals surface area contributed by atoms with Gasteiger partial charge in [-0.25, -0.2) is 8.78 Å². The van der Waals surface area contributed by atoms with Gasteiger partial charge in [0.2, 0.25) is 0 Å². The van der Waals surface area contributed by atoms with Crippen LogP contribution in [0.4, 0.5) is 8.78 Å². The first-order valence-electron chi connectivity index (χ1n) is 5.56. The summed E-state index contributed by atoms with van der Waals surface area (Å²) in [5, 5.41) is 0.488. The lowest BCUT2D eigenvalue weighted by Gasteiger charge is -2.15. The van der Waals surface area contributed by atoms with Gasteiger partial charge in [0.15, 0.2) is 0 Å². The molecule has 2 rings (SSSR count). The van der Waals surface area contributed by atoms with Gasteiger partial charge in [0.25, 0.3) is 0 Å². The average Bonchev–Trinajstić information content (AvgIpc) is 2.40. The van der Waals surface area contributed by atoms with Crippen molar-refractivity contribution in [3.63, 3.8) is 0 Å². The van der Waals surface area contributed by atoms with Crippen LogP contribution in [-0.2, 0) is 0 Å². The molecule has 2 aromatic rings. The zero-order chi connectivity index (χ0) is 14.9. The molecule has 1 unspecified atom stereocenters. The van der Waals surface area contributed by atoms with Crippen molar-refractivity contribution >= 4 is 43.5 Å². The number of alkyl halides is 1. The summed E-state index contributed by atoms with van der Waals surface area (Å²) in [5.74, 6) is -1.24. The topological polar surface area (TPSA) is 9.23 Å². The first-order valence-corrected chi connectivity index (χ1v) is 7.64. The van der Waals surface area contributed by atoms with Crippen molar-refractivity contribution in [2.45, 2.75) is 4.83 Å². The summed E-state index contributed by atoms with van der Waals surface area (Å²) >= 11 is 12.6. The van der Waals surface area contributed by atoms with E-state index in [0.29, 0.717) is 15.1 Å². The smallest absolute Gasteiger partial charge is 0.134 e. The lowest BCUT2D eigenvalue weighted by molar-refractivity contribution is 0.405. The van der Waals surface area contributed by atoms with Crippen molar-refractivity contribution in [3.8, 4) is 5.75 Å². The Morgan fingerprint density at radius 1 is 1.15 bits per heavy atom. The van der Waals surface area contributed by atoms with Gasteiger partial charge in [-0.15, -0.1) is 0 Å². The largest absolute Gasteiger partial charge is 0.497 e. The highest BCUT2D eigenvalue weighted by molar-refractivity contribution is 9.11. The first kappa shape index (κ1) is 15.7. The van der Waals surface area contributed by atoms with E-state index >= 15 is 0 Å². The van der Waals surface area contributed by atoms with E-state index in [1.165, 1.54) is 7.11 Å². The molecule has 0 spiro atoms. The normalized spacial score (nSPS) is 12.3. The summed E-state index contributed by atoms with van der Waals surface area (Å²) in [7, 11) is 1.35. The van der Waals surface area contributed by atoms with Crippen molar-refractivity contribution in [2.75, 3.05) is 7.11 Å². The molecule has 6 heteroatoms. The minimum Gasteiger partial charge on any atom is -0.497 e. The quantitative estimate of drug-likeness (QED) is 0.558. The molecule has 0 saturated heterocycles. The molecule has 1 nitrogen and oxygen atoms in total. The van der Waals surface area contributed by atoms with E-state index in [0.717, 1.165) is 12.1 Å². The third-order valence-corrected chi connectivity index (χ3v) is 4.68. The summed E-state index contributed by atoms with van der Waals surface area (Å²) in [6.07, 6.45) is 0. The maximum Gasteiger partial charge on any atom is 0.134 e. The number of halogens is 5. The van der Waals surface area contributed by atoms with Crippen LogP contribution < -0.4 is 4.74 Å². The summed E-state index contributed by atoms with van der Waals surface area (Å²) in [6, 6.07) is 7.35. The van der Waals surface area contributed by atoms with Gasteiger partial charge in [0.05, 0.1) is 11.9 Å². The molecule has 0 aliphatic heterocycles. The zero-order valence-electron chi connectivity index (χ0n) is 10.3. The van der Waals surface area contributed by atoms with E-state index in [1.807, 2.05) is 0 Å².